The normalized spacial score (nSPS) is 18.5. The molecule has 112 valence electrons. The van der Waals surface area contributed by atoms with Crippen LogP contribution in [0.4, 0.5) is 4.39 Å². The van der Waals surface area contributed by atoms with Crippen LogP contribution < -0.4 is 0 Å². The lowest BCUT2D eigenvalue weighted by atomic mass is 10.1. The molecule has 2 aromatic rings. The highest BCUT2D eigenvalue weighted by atomic mass is 19.1. The monoisotopic (exact) mass is 290 g/mol. The molecule has 5 nitrogen and oxygen atoms in total. The number of aromatic amines is 1. The molecule has 21 heavy (non-hydrogen) atoms. The van der Waals surface area contributed by atoms with Gasteiger partial charge in [0, 0.05) is 24.6 Å². The van der Waals surface area contributed by atoms with E-state index in [1.54, 1.807) is 12.1 Å². The molecule has 1 aromatic heterocycles. The summed E-state index contributed by atoms with van der Waals surface area (Å²) in [6.45, 7) is 2.62. The van der Waals surface area contributed by atoms with Crippen molar-refractivity contribution in [3.63, 3.8) is 0 Å². The van der Waals surface area contributed by atoms with Crippen LogP contribution in [0.5, 0.6) is 0 Å². The number of hydrogen-bond acceptors (Lipinski definition) is 4. The van der Waals surface area contributed by atoms with Crippen molar-refractivity contribution < 1.29 is 9.13 Å². The Kier molecular flexibility index (Phi) is 4.26. The maximum Gasteiger partial charge on any atom is 0.156 e. The van der Waals surface area contributed by atoms with Crippen LogP contribution in [0.15, 0.2) is 24.3 Å². The average molecular weight is 290 g/mol. The Hall–Kier alpha value is -1.79. The first-order valence-electron chi connectivity index (χ1n) is 7.13. The van der Waals surface area contributed by atoms with Crippen LogP contribution in [0.1, 0.15) is 29.6 Å². The minimum atomic E-state index is -0.175. The van der Waals surface area contributed by atoms with E-state index in [0.29, 0.717) is 31.2 Å². The maximum atomic E-state index is 13.6. The third-order valence-electron chi connectivity index (χ3n) is 3.66. The van der Waals surface area contributed by atoms with Gasteiger partial charge in [-0.15, -0.1) is 0 Å². The number of H-pyrrole nitrogens is 1. The summed E-state index contributed by atoms with van der Waals surface area (Å²) in [7, 11) is 1.94. The first-order chi connectivity index (χ1) is 10.2. The molecule has 1 N–H and O–H groups in total. The third-order valence-corrected chi connectivity index (χ3v) is 3.66. The molecule has 0 unspecified atom stereocenters. The topological polar surface area (TPSA) is 54.0 Å². The van der Waals surface area contributed by atoms with Crippen molar-refractivity contribution in [3.8, 4) is 0 Å². The lowest BCUT2D eigenvalue weighted by Crippen LogP contribution is -2.18. The highest BCUT2D eigenvalue weighted by Crippen LogP contribution is 2.21. The zero-order valence-electron chi connectivity index (χ0n) is 12.1. The van der Waals surface area contributed by atoms with E-state index in [2.05, 4.69) is 15.2 Å². The molecular weight excluding hydrogens is 271 g/mol. The number of hydrogen-bond donors (Lipinski definition) is 1. The molecule has 1 saturated heterocycles. The first-order valence-corrected chi connectivity index (χ1v) is 7.13. The molecule has 0 amide bonds. The Morgan fingerprint density at radius 3 is 3.00 bits per heavy atom. The van der Waals surface area contributed by atoms with Crippen LogP contribution in [0.2, 0.25) is 0 Å². The summed E-state index contributed by atoms with van der Waals surface area (Å²) >= 11 is 0. The van der Waals surface area contributed by atoms with Crippen LogP contribution >= 0.6 is 0 Å². The summed E-state index contributed by atoms with van der Waals surface area (Å²) in [6, 6.07) is 6.83. The Bertz CT molecular complexity index is 595. The smallest absolute Gasteiger partial charge is 0.156 e. The maximum absolute atomic E-state index is 13.6. The van der Waals surface area contributed by atoms with Gasteiger partial charge in [0.15, 0.2) is 5.82 Å². The lowest BCUT2D eigenvalue weighted by Gasteiger charge is -2.15. The number of rotatable bonds is 5. The van der Waals surface area contributed by atoms with E-state index in [0.717, 1.165) is 24.7 Å². The fourth-order valence-corrected chi connectivity index (χ4v) is 2.53. The van der Waals surface area contributed by atoms with Gasteiger partial charge in [0.2, 0.25) is 0 Å². The van der Waals surface area contributed by atoms with Crippen LogP contribution in [-0.4, -0.2) is 40.3 Å². The van der Waals surface area contributed by atoms with E-state index >= 15 is 0 Å². The standard InChI is InChI=1S/C15H19FN4O/c1-20(8-11-4-2-3-5-13(11)16)9-14-17-15(19-18-14)12-6-7-21-10-12/h2-5,12H,6-10H2,1H3,(H,17,18,19)/t12-/m0/s1. The minimum absolute atomic E-state index is 0.175. The molecular formula is C15H19FN4O. The van der Waals surface area contributed by atoms with Gasteiger partial charge in [0.1, 0.15) is 11.6 Å². The Morgan fingerprint density at radius 1 is 1.38 bits per heavy atom. The number of aromatic nitrogens is 3. The van der Waals surface area contributed by atoms with Crippen LogP contribution in [-0.2, 0) is 17.8 Å². The van der Waals surface area contributed by atoms with Gasteiger partial charge in [-0.3, -0.25) is 10.00 Å². The molecule has 1 fully saturated rings. The number of benzene rings is 1. The fraction of sp³-hybridized carbons (Fsp3) is 0.467. The van der Waals surface area contributed by atoms with Gasteiger partial charge in [0.25, 0.3) is 0 Å². The van der Waals surface area contributed by atoms with E-state index in [1.165, 1.54) is 6.07 Å². The number of halogens is 1. The lowest BCUT2D eigenvalue weighted by molar-refractivity contribution is 0.193. The van der Waals surface area contributed by atoms with Gasteiger partial charge >= 0.3 is 0 Å². The zero-order valence-corrected chi connectivity index (χ0v) is 12.1. The first kappa shape index (κ1) is 14.2. The highest BCUT2D eigenvalue weighted by Gasteiger charge is 2.22. The molecule has 1 atom stereocenters. The molecule has 0 bridgehead atoms. The van der Waals surface area contributed by atoms with Crippen molar-refractivity contribution in [3.05, 3.63) is 47.3 Å². The van der Waals surface area contributed by atoms with Crippen LogP contribution in [0.25, 0.3) is 0 Å². The molecule has 0 saturated carbocycles. The molecule has 3 rings (SSSR count). The SMILES string of the molecule is CN(Cc1nc([C@H]2CCOC2)n[nH]1)Cc1ccccc1F. The molecule has 1 aliphatic rings. The van der Waals surface area contributed by atoms with Gasteiger partial charge in [0.05, 0.1) is 13.2 Å². The number of nitrogens with one attached hydrogen (secondary N) is 1. The largest absolute Gasteiger partial charge is 0.381 e. The van der Waals surface area contributed by atoms with Gasteiger partial charge in [-0.1, -0.05) is 18.2 Å². The van der Waals surface area contributed by atoms with Gasteiger partial charge < -0.3 is 4.74 Å². The van der Waals surface area contributed by atoms with Gasteiger partial charge in [-0.05, 0) is 19.5 Å². The van der Waals surface area contributed by atoms with E-state index in [9.17, 15) is 4.39 Å². The second-order valence-corrected chi connectivity index (χ2v) is 5.46. The van der Waals surface area contributed by atoms with Crippen molar-refractivity contribution in [2.24, 2.45) is 0 Å². The predicted molar refractivity (Wildman–Crippen MR) is 76.1 cm³/mol. The second-order valence-electron chi connectivity index (χ2n) is 5.46. The van der Waals surface area contributed by atoms with E-state index in [-0.39, 0.29) is 5.82 Å². The quantitative estimate of drug-likeness (QED) is 0.916. The highest BCUT2D eigenvalue weighted by molar-refractivity contribution is 5.17. The van der Waals surface area contributed by atoms with Gasteiger partial charge in [-0.25, -0.2) is 9.37 Å². The van der Waals surface area contributed by atoms with Crippen molar-refractivity contribution >= 4 is 0 Å². The average Bonchev–Trinajstić information content (AvgIpc) is 3.12. The summed E-state index contributed by atoms with van der Waals surface area (Å²) in [5.41, 5.74) is 0.684. The van der Waals surface area contributed by atoms with Crippen molar-refractivity contribution in [1.29, 1.82) is 0 Å². The molecule has 6 heteroatoms. The summed E-state index contributed by atoms with van der Waals surface area (Å²) in [5.74, 6) is 1.75. The predicted octanol–water partition coefficient (Wildman–Crippen LogP) is 2.08. The second kappa shape index (κ2) is 6.32. The Balaban J connectivity index is 1.60. The Morgan fingerprint density at radius 2 is 2.24 bits per heavy atom. The number of ether oxygens (including phenoxy) is 1. The van der Waals surface area contributed by atoms with Crippen molar-refractivity contribution in [2.45, 2.75) is 25.4 Å². The van der Waals surface area contributed by atoms with Crippen LogP contribution in [0.3, 0.4) is 0 Å². The fourth-order valence-electron chi connectivity index (χ4n) is 2.53. The van der Waals surface area contributed by atoms with Crippen molar-refractivity contribution in [1.82, 2.24) is 20.1 Å². The van der Waals surface area contributed by atoms with E-state index in [1.807, 2.05) is 18.0 Å². The molecule has 1 aromatic carbocycles. The van der Waals surface area contributed by atoms with E-state index < -0.39 is 0 Å². The summed E-state index contributed by atoms with van der Waals surface area (Å²) in [5, 5.41) is 7.22. The third kappa shape index (κ3) is 3.46. The van der Waals surface area contributed by atoms with E-state index in [4.69, 9.17) is 4.74 Å². The summed E-state index contributed by atoms with van der Waals surface area (Å²) in [4.78, 5) is 6.52. The minimum Gasteiger partial charge on any atom is -0.381 e. The Labute approximate surface area is 123 Å². The molecule has 2 heterocycles. The summed E-state index contributed by atoms with van der Waals surface area (Å²) < 4.78 is 19.0. The molecule has 0 aliphatic carbocycles. The van der Waals surface area contributed by atoms with Crippen LogP contribution in [0, 0.1) is 5.82 Å². The zero-order chi connectivity index (χ0) is 14.7. The number of nitrogens with zero attached hydrogens (tertiary/aromatic N) is 3. The summed E-state index contributed by atoms with van der Waals surface area (Å²) in [6.07, 6.45) is 0.975. The van der Waals surface area contributed by atoms with Crippen molar-refractivity contribution in [2.75, 3.05) is 20.3 Å². The molecule has 0 radical (unpaired) electrons. The molecule has 0 spiro atoms. The molecule has 1 aliphatic heterocycles. The van der Waals surface area contributed by atoms with Gasteiger partial charge in [-0.2, -0.15) is 5.10 Å².